The molecule has 1 aliphatic rings. The summed E-state index contributed by atoms with van der Waals surface area (Å²) in [4.78, 5) is 27.1. The SMILES string of the molecule is Cc1nc(Oc2ccc(NS(=O)(=O)CC(F)(F)F)cc2F)c(-c2ccnc(N[C@H]3C[C@H](F)CN(C(=O)OC(C)(C)C)C3)n2)s1. The summed E-state index contributed by atoms with van der Waals surface area (Å²) < 4.78 is 103. The van der Waals surface area contributed by atoms with E-state index in [4.69, 9.17) is 9.47 Å². The van der Waals surface area contributed by atoms with Crippen molar-refractivity contribution in [1.29, 1.82) is 0 Å². The van der Waals surface area contributed by atoms with Crippen LogP contribution in [-0.2, 0) is 14.8 Å². The van der Waals surface area contributed by atoms with E-state index in [9.17, 15) is 35.2 Å². The highest BCUT2D eigenvalue weighted by Gasteiger charge is 2.35. The van der Waals surface area contributed by atoms with E-state index in [1.165, 1.54) is 22.4 Å². The van der Waals surface area contributed by atoms with Gasteiger partial charge in [-0.25, -0.2) is 36.9 Å². The van der Waals surface area contributed by atoms with Crippen molar-refractivity contribution in [3.63, 3.8) is 0 Å². The summed E-state index contributed by atoms with van der Waals surface area (Å²) in [7, 11) is -4.81. The Morgan fingerprint density at radius 3 is 2.55 bits per heavy atom. The molecule has 3 heterocycles. The Morgan fingerprint density at radius 2 is 1.89 bits per heavy atom. The molecule has 1 fully saturated rings. The van der Waals surface area contributed by atoms with Gasteiger partial charge >= 0.3 is 12.3 Å². The van der Waals surface area contributed by atoms with Gasteiger partial charge in [-0.2, -0.15) is 13.2 Å². The molecule has 2 N–H and O–H groups in total. The van der Waals surface area contributed by atoms with Gasteiger partial charge in [-0.05, 0) is 45.9 Å². The summed E-state index contributed by atoms with van der Waals surface area (Å²) in [6.07, 6.45) is -5.38. The Morgan fingerprint density at radius 1 is 1.16 bits per heavy atom. The van der Waals surface area contributed by atoms with Crippen LogP contribution < -0.4 is 14.8 Å². The fraction of sp³-hybridized carbons (Fsp3) is 0.462. The lowest BCUT2D eigenvalue weighted by molar-refractivity contribution is -0.106. The number of likely N-dealkylation sites (tertiary alicyclic amines) is 1. The van der Waals surface area contributed by atoms with E-state index in [2.05, 4.69) is 20.3 Å². The lowest BCUT2D eigenvalue weighted by Crippen LogP contribution is -2.51. The molecule has 1 aromatic carbocycles. The van der Waals surface area contributed by atoms with Gasteiger partial charge in [-0.15, -0.1) is 11.3 Å². The van der Waals surface area contributed by atoms with Crippen LogP contribution >= 0.6 is 11.3 Å². The van der Waals surface area contributed by atoms with Gasteiger partial charge in [0.05, 0.1) is 22.9 Å². The molecule has 2 atom stereocenters. The van der Waals surface area contributed by atoms with Crippen molar-refractivity contribution in [1.82, 2.24) is 19.9 Å². The van der Waals surface area contributed by atoms with Crippen molar-refractivity contribution in [2.75, 3.05) is 28.9 Å². The normalized spacial score (nSPS) is 17.7. The minimum Gasteiger partial charge on any atom is -0.444 e. The number of sulfonamides is 1. The molecule has 11 nitrogen and oxygen atoms in total. The topological polar surface area (TPSA) is 136 Å². The minimum atomic E-state index is -4.98. The Kier molecular flexibility index (Phi) is 9.53. The van der Waals surface area contributed by atoms with Crippen LogP contribution in [0, 0.1) is 12.7 Å². The molecule has 0 bridgehead atoms. The second-order valence-corrected chi connectivity index (χ2v) is 13.8. The van der Waals surface area contributed by atoms with Crippen molar-refractivity contribution < 1.29 is 44.6 Å². The summed E-state index contributed by atoms with van der Waals surface area (Å²) in [6.45, 7) is 6.86. The number of rotatable bonds is 8. The number of benzene rings is 1. The maximum Gasteiger partial charge on any atom is 0.410 e. The molecule has 240 valence electrons. The first-order chi connectivity index (χ1) is 20.4. The highest BCUT2D eigenvalue weighted by atomic mass is 32.2. The van der Waals surface area contributed by atoms with Crippen molar-refractivity contribution in [2.45, 2.75) is 58.1 Å². The van der Waals surface area contributed by atoms with Crippen molar-refractivity contribution >= 4 is 39.1 Å². The van der Waals surface area contributed by atoms with Crippen molar-refractivity contribution in [2.24, 2.45) is 0 Å². The molecular weight excluding hydrogens is 635 g/mol. The van der Waals surface area contributed by atoms with Gasteiger partial charge in [0.25, 0.3) is 0 Å². The third-order valence-electron chi connectivity index (χ3n) is 5.74. The predicted molar refractivity (Wildman–Crippen MR) is 153 cm³/mol. The van der Waals surface area contributed by atoms with E-state index in [0.717, 1.165) is 12.1 Å². The van der Waals surface area contributed by atoms with Gasteiger partial charge in [0.1, 0.15) is 16.6 Å². The van der Waals surface area contributed by atoms with Gasteiger partial charge in [-0.3, -0.25) is 4.72 Å². The van der Waals surface area contributed by atoms with Gasteiger partial charge < -0.3 is 19.7 Å². The molecule has 0 unspecified atom stereocenters. The zero-order valence-electron chi connectivity index (χ0n) is 23.9. The van der Waals surface area contributed by atoms with E-state index < -0.39 is 57.4 Å². The molecule has 4 rings (SSSR count). The number of piperidine rings is 1. The van der Waals surface area contributed by atoms with E-state index in [1.807, 2.05) is 0 Å². The van der Waals surface area contributed by atoms with Crippen LogP contribution in [0.25, 0.3) is 10.6 Å². The number of aryl methyl sites for hydroxylation is 1. The third-order valence-corrected chi connectivity index (χ3v) is 7.97. The first-order valence-electron chi connectivity index (χ1n) is 13.1. The summed E-state index contributed by atoms with van der Waals surface area (Å²) >= 11 is 1.17. The minimum absolute atomic E-state index is 0.0426. The summed E-state index contributed by atoms with van der Waals surface area (Å²) in [6, 6.07) is 3.78. The number of thiazole rings is 1. The standard InChI is InChI=1S/C26H29F5N6O5S2/c1-14-33-22(41-20-6-5-16(10-18(20)28)36-44(39,40)13-26(29,30)31)21(43-14)19-7-8-32-23(35-19)34-17-9-15(27)11-37(12-17)24(38)42-25(2,3)4/h5-8,10,15,17,36H,9,11-13H2,1-4H3,(H,32,34,35)/t15-,17-/m0/s1. The van der Waals surface area contributed by atoms with Crippen LogP contribution in [0.15, 0.2) is 30.5 Å². The molecule has 1 saturated heterocycles. The van der Waals surface area contributed by atoms with Crippen LogP contribution in [0.5, 0.6) is 11.6 Å². The summed E-state index contributed by atoms with van der Waals surface area (Å²) in [5.74, 6) is -3.48. The molecule has 18 heteroatoms. The van der Waals surface area contributed by atoms with Crippen LogP contribution in [0.4, 0.5) is 38.4 Å². The van der Waals surface area contributed by atoms with E-state index in [0.29, 0.717) is 21.6 Å². The fourth-order valence-electron chi connectivity index (χ4n) is 4.18. The highest BCUT2D eigenvalue weighted by Crippen LogP contribution is 2.38. The molecule has 0 radical (unpaired) electrons. The van der Waals surface area contributed by atoms with Crippen LogP contribution in [0.2, 0.25) is 0 Å². The summed E-state index contributed by atoms with van der Waals surface area (Å²) in [5.41, 5.74) is -0.840. The number of aromatic nitrogens is 3. The van der Waals surface area contributed by atoms with Crippen molar-refractivity contribution in [3.8, 4) is 22.2 Å². The number of hydrogen-bond donors (Lipinski definition) is 2. The number of amides is 1. The van der Waals surface area contributed by atoms with E-state index in [-0.39, 0.29) is 37.1 Å². The molecule has 44 heavy (non-hydrogen) atoms. The number of carbonyl (C=O) groups is 1. The van der Waals surface area contributed by atoms with Gasteiger partial charge in [0.2, 0.25) is 21.9 Å². The van der Waals surface area contributed by atoms with Gasteiger partial charge in [0.15, 0.2) is 17.3 Å². The molecule has 2 aromatic heterocycles. The second-order valence-electron chi connectivity index (χ2n) is 10.9. The molecule has 0 spiro atoms. The zero-order chi connectivity index (χ0) is 32.4. The van der Waals surface area contributed by atoms with Crippen molar-refractivity contribution in [3.05, 3.63) is 41.3 Å². The highest BCUT2D eigenvalue weighted by molar-refractivity contribution is 7.92. The average Bonchev–Trinajstić information content (AvgIpc) is 3.22. The zero-order valence-corrected chi connectivity index (χ0v) is 25.5. The first-order valence-corrected chi connectivity index (χ1v) is 15.6. The molecule has 1 aliphatic heterocycles. The Bertz CT molecular complexity index is 1610. The number of hydrogen-bond acceptors (Lipinski definition) is 10. The number of nitrogens with zero attached hydrogens (tertiary/aromatic N) is 4. The monoisotopic (exact) mass is 664 g/mol. The number of nitrogens with one attached hydrogen (secondary N) is 2. The maximum absolute atomic E-state index is 14.8. The molecule has 0 aliphatic carbocycles. The fourth-order valence-corrected chi connectivity index (χ4v) is 5.98. The number of carbonyl (C=O) groups excluding carboxylic acids is 1. The smallest absolute Gasteiger partial charge is 0.410 e. The Labute approximate surface area is 253 Å². The van der Waals surface area contributed by atoms with Crippen LogP contribution in [0.3, 0.4) is 0 Å². The van der Waals surface area contributed by atoms with Crippen LogP contribution in [0.1, 0.15) is 32.2 Å². The van der Waals surface area contributed by atoms with Crippen LogP contribution in [-0.4, -0.2) is 77.2 Å². The largest absolute Gasteiger partial charge is 0.444 e. The van der Waals surface area contributed by atoms with Gasteiger partial charge in [-0.1, -0.05) is 0 Å². The molecule has 3 aromatic rings. The maximum atomic E-state index is 14.8. The predicted octanol–water partition coefficient (Wildman–Crippen LogP) is 5.90. The molecular formula is C26H29F5N6O5S2. The Balaban J connectivity index is 1.49. The summed E-state index contributed by atoms with van der Waals surface area (Å²) in [5, 5.41) is 3.57. The number of ether oxygens (including phenoxy) is 2. The lowest BCUT2D eigenvalue weighted by atomic mass is 10.0. The van der Waals surface area contributed by atoms with E-state index >= 15 is 0 Å². The molecule has 1 amide bonds. The van der Waals surface area contributed by atoms with E-state index in [1.54, 1.807) is 38.5 Å². The van der Waals surface area contributed by atoms with Gasteiger partial charge in [0, 0.05) is 31.3 Å². The third kappa shape index (κ3) is 9.35. The lowest BCUT2D eigenvalue weighted by Gasteiger charge is -2.36. The first kappa shape index (κ1) is 33.1. The number of alkyl halides is 4. The quantitative estimate of drug-likeness (QED) is 0.282. The second kappa shape index (κ2) is 12.7. The average molecular weight is 665 g/mol. The molecule has 0 saturated carbocycles. The Hall–Kier alpha value is -3.80. The number of anilines is 2. The number of halogens is 5.